The molecule has 0 aliphatic carbocycles. The average Bonchev–Trinajstić information content (AvgIpc) is 2.63. The molecule has 20 heavy (non-hydrogen) atoms. The van der Waals surface area contributed by atoms with E-state index in [1.807, 2.05) is 12.1 Å². The van der Waals surface area contributed by atoms with Gasteiger partial charge in [0.1, 0.15) is 0 Å². The molecule has 3 rings (SSSR count). The van der Waals surface area contributed by atoms with E-state index in [0.29, 0.717) is 5.56 Å². The van der Waals surface area contributed by atoms with Gasteiger partial charge in [-0.3, -0.25) is 9.59 Å². The second-order valence-electron chi connectivity index (χ2n) is 5.65. The largest absolute Gasteiger partial charge is 0.371 e. The summed E-state index contributed by atoms with van der Waals surface area (Å²) < 4.78 is 0. The Kier molecular flexibility index (Phi) is 3.47. The molecule has 0 saturated carbocycles. The van der Waals surface area contributed by atoms with Crippen LogP contribution in [0.4, 0.5) is 11.4 Å². The van der Waals surface area contributed by atoms with Gasteiger partial charge in [-0.05, 0) is 31.0 Å². The monoisotopic (exact) mass is 272 g/mol. The van der Waals surface area contributed by atoms with Crippen molar-refractivity contribution in [2.24, 2.45) is 0 Å². The van der Waals surface area contributed by atoms with Gasteiger partial charge < -0.3 is 9.80 Å². The zero-order chi connectivity index (χ0) is 14.1. The first kappa shape index (κ1) is 13.2. The topological polar surface area (TPSA) is 40.6 Å². The number of carbonyl (C=O) groups excluding carboxylic acids is 2. The molecule has 1 amide bonds. The van der Waals surface area contributed by atoms with E-state index in [9.17, 15) is 9.59 Å². The minimum absolute atomic E-state index is 0.387. The van der Waals surface area contributed by atoms with Crippen LogP contribution in [0.1, 0.15) is 42.5 Å². The normalized spacial score (nSPS) is 19.9. The zero-order valence-corrected chi connectivity index (χ0v) is 11.9. The lowest BCUT2D eigenvalue weighted by Gasteiger charge is -2.27. The molecular weight excluding hydrogens is 252 g/mol. The van der Waals surface area contributed by atoms with Crippen molar-refractivity contribution in [1.82, 2.24) is 0 Å². The van der Waals surface area contributed by atoms with Crippen molar-refractivity contribution >= 4 is 23.1 Å². The van der Waals surface area contributed by atoms with E-state index >= 15 is 0 Å². The Morgan fingerprint density at radius 1 is 0.950 bits per heavy atom. The van der Waals surface area contributed by atoms with Crippen LogP contribution in [-0.4, -0.2) is 31.8 Å². The van der Waals surface area contributed by atoms with Crippen molar-refractivity contribution in [3.8, 4) is 0 Å². The number of Topliss-reactive ketones (excluding diaryl/α,β-unsaturated/α-hetero) is 1. The maximum atomic E-state index is 11.8. The maximum absolute atomic E-state index is 11.8. The van der Waals surface area contributed by atoms with Crippen LogP contribution in [0.5, 0.6) is 0 Å². The number of hydrogen-bond donors (Lipinski definition) is 0. The van der Waals surface area contributed by atoms with Crippen LogP contribution in [0.2, 0.25) is 0 Å². The number of anilines is 2. The van der Waals surface area contributed by atoms with Gasteiger partial charge in [-0.15, -0.1) is 0 Å². The highest BCUT2D eigenvalue weighted by atomic mass is 16.2. The average molecular weight is 272 g/mol. The summed E-state index contributed by atoms with van der Waals surface area (Å²) in [5, 5.41) is 0. The Morgan fingerprint density at radius 2 is 1.60 bits per heavy atom. The highest BCUT2D eigenvalue weighted by Crippen LogP contribution is 2.32. The van der Waals surface area contributed by atoms with E-state index in [0.717, 1.165) is 24.5 Å². The molecule has 2 aliphatic rings. The Balaban J connectivity index is 1.89. The first-order valence-electron chi connectivity index (χ1n) is 7.40. The van der Waals surface area contributed by atoms with E-state index < -0.39 is 5.91 Å². The zero-order valence-electron chi connectivity index (χ0n) is 11.9. The molecule has 0 atom stereocenters. The fourth-order valence-corrected chi connectivity index (χ4v) is 3.07. The summed E-state index contributed by atoms with van der Waals surface area (Å²) in [6, 6.07) is 5.76. The predicted octanol–water partition coefficient (Wildman–Crippen LogP) is 2.62. The fraction of sp³-hybridized carbons (Fsp3) is 0.500. The third-order valence-corrected chi connectivity index (χ3v) is 4.31. The molecule has 106 valence electrons. The molecular formula is C16H20N2O2. The molecule has 4 heteroatoms. The van der Waals surface area contributed by atoms with Crippen LogP contribution in [0, 0.1) is 0 Å². The van der Waals surface area contributed by atoms with Gasteiger partial charge in [-0.2, -0.15) is 0 Å². The number of amides is 1. The summed E-state index contributed by atoms with van der Waals surface area (Å²) in [5.74, 6) is -0.813. The van der Waals surface area contributed by atoms with E-state index in [4.69, 9.17) is 0 Å². The Morgan fingerprint density at radius 3 is 2.30 bits per heavy atom. The van der Waals surface area contributed by atoms with Crippen LogP contribution in [-0.2, 0) is 4.79 Å². The number of carbonyl (C=O) groups is 2. The van der Waals surface area contributed by atoms with Gasteiger partial charge >= 0.3 is 0 Å². The van der Waals surface area contributed by atoms with E-state index in [1.54, 1.807) is 13.1 Å². The summed E-state index contributed by atoms with van der Waals surface area (Å²) >= 11 is 0. The van der Waals surface area contributed by atoms with Crippen molar-refractivity contribution in [2.45, 2.75) is 32.1 Å². The molecule has 0 N–H and O–H groups in total. The third kappa shape index (κ3) is 2.19. The van der Waals surface area contributed by atoms with Crippen molar-refractivity contribution in [1.29, 1.82) is 0 Å². The molecule has 1 saturated heterocycles. The minimum Gasteiger partial charge on any atom is -0.371 e. The van der Waals surface area contributed by atoms with Crippen molar-refractivity contribution in [2.75, 3.05) is 29.9 Å². The Bertz CT molecular complexity index is 545. The number of nitrogens with zero attached hydrogens (tertiary/aromatic N) is 2. The molecule has 0 radical (unpaired) electrons. The summed E-state index contributed by atoms with van der Waals surface area (Å²) in [4.78, 5) is 27.3. The highest BCUT2D eigenvalue weighted by Gasteiger charge is 2.33. The third-order valence-electron chi connectivity index (χ3n) is 4.31. The molecule has 1 aromatic carbocycles. The molecule has 0 aromatic heterocycles. The van der Waals surface area contributed by atoms with Gasteiger partial charge in [0.05, 0.1) is 11.3 Å². The summed E-state index contributed by atoms with van der Waals surface area (Å²) in [5.41, 5.74) is 2.41. The van der Waals surface area contributed by atoms with Crippen molar-refractivity contribution < 1.29 is 9.59 Å². The van der Waals surface area contributed by atoms with Crippen LogP contribution in [0.25, 0.3) is 0 Å². The lowest BCUT2D eigenvalue weighted by atomic mass is 10.1. The predicted molar refractivity (Wildman–Crippen MR) is 79.5 cm³/mol. The van der Waals surface area contributed by atoms with Gasteiger partial charge in [0.2, 0.25) is 0 Å². The van der Waals surface area contributed by atoms with Crippen LogP contribution < -0.4 is 9.80 Å². The minimum atomic E-state index is -0.426. The van der Waals surface area contributed by atoms with Gasteiger partial charge in [-0.25, -0.2) is 0 Å². The number of ketones is 1. The molecule has 0 spiro atoms. The molecule has 1 aromatic rings. The highest BCUT2D eigenvalue weighted by molar-refractivity contribution is 6.52. The molecule has 4 nitrogen and oxygen atoms in total. The number of likely N-dealkylation sites (N-methyl/N-ethyl adjacent to an activating group) is 1. The number of benzene rings is 1. The second-order valence-corrected chi connectivity index (χ2v) is 5.65. The maximum Gasteiger partial charge on any atom is 0.299 e. The van der Waals surface area contributed by atoms with E-state index in [-0.39, 0.29) is 5.78 Å². The second kappa shape index (κ2) is 5.27. The quantitative estimate of drug-likeness (QED) is 0.738. The van der Waals surface area contributed by atoms with Crippen molar-refractivity contribution in [3.05, 3.63) is 23.8 Å². The first-order valence-corrected chi connectivity index (χ1v) is 7.40. The van der Waals surface area contributed by atoms with E-state index in [2.05, 4.69) is 4.90 Å². The van der Waals surface area contributed by atoms with Gasteiger partial charge in [-0.1, -0.05) is 19.3 Å². The number of rotatable bonds is 1. The molecule has 1 fully saturated rings. The summed E-state index contributed by atoms with van der Waals surface area (Å²) in [6.07, 6.45) is 6.34. The van der Waals surface area contributed by atoms with Crippen LogP contribution in [0.15, 0.2) is 18.2 Å². The van der Waals surface area contributed by atoms with E-state index in [1.165, 1.54) is 37.0 Å². The first-order chi connectivity index (χ1) is 9.68. The van der Waals surface area contributed by atoms with Gasteiger partial charge in [0.25, 0.3) is 11.7 Å². The standard InChI is InChI=1S/C16H20N2O2/c1-17-14-11-12(7-8-13(14)15(19)16(17)20)18-9-5-3-2-4-6-10-18/h7-8,11H,2-6,9-10H2,1H3. The summed E-state index contributed by atoms with van der Waals surface area (Å²) in [6.45, 7) is 2.12. The lowest BCUT2D eigenvalue weighted by Crippen LogP contribution is -2.27. The van der Waals surface area contributed by atoms with Crippen LogP contribution in [0.3, 0.4) is 0 Å². The fourth-order valence-electron chi connectivity index (χ4n) is 3.07. The Labute approximate surface area is 119 Å². The molecule has 2 heterocycles. The van der Waals surface area contributed by atoms with Gasteiger partial charge in [0, 0.05) is 25.8 Å². The molecule has 2 aliphatic heterocycles. The number of fused-ring (bicyclic) bond motifs is 1. The number of hydrogen-bond acceptors (Lipinski definition) is 3. The SMILES string of the molecule is CN1C(=O)C(=O)c2ccc(N3CCCCCCC3)cc21. The molecule has 0 bridgehead atoms. The smallest absolute Gasteiger partial charge is 0.299 e. The Hall–Kier alpha value is -1.84. The van der Waals surface area contributed by atoms with Gasteiger partial charge in [0.15, 0.2) is 0 Å². The van der Waals surface area contributed by atoms with Crippen molar-refractivity contribution in [3.63, 3.8) is 0 Å². The summed E-state index contributed by atoms with van der Waals surface area (Å²) in [7, 11) is 1.67. The lowest BCUT2D eigenvalue weighted by molar-refractivity contribution is -0.114. The van der Waals surface area contributed by atoms with Crippen LogP contribution >= 0.6 is 0 Å². The molecule has 0 unspecified atom stereocenters.